The molecule has 6 nitrogen and oxygen atoms in total. The van der Waals surface area contributed by atoms with Gasteiger partial charge in [0, 0.05) is 13.0 Å². The van der Waals surface area contributed by atoms with E-state index in [1.54, 1.807) is 0 Å². The smallest absolute Gasteiger partial charge is 0.220 e. The molecule has 2 fully saturated rings. The molecule has 116 valence electrons. The molecule has 0 spiro atoms. The van der Waals surface area contributed by atoms with Crippen LogP contribution in [-0.2, 0) is 11.3 Å². The van der Waals surface area contributed by atoms with Crippen molar-refractivity contribution in [3.8, 4) is 5.75 Å². The van der Waals surface area contributed by atoms with Gasteiger partial charge in [0.1, 0.15) is 17.9 Å². The van der Waals surface area contributed by atoms with Crippen LogP contribution >= 0.6 is 15.9 Å². The number of hydrogen-bond acceptors (Lipinski definition) is 4. The van der Waals surface area contributed by atoms with Gasteiger partial charge in [-0.05, 0) is 53.2 Å². The number of nitrogens with one attached hydrogen (secondary N) is 1. The van der Waals surface area contributed by atoms with Gasteiger partial charge in [-0.1, -0.05) is 5.21 Å². The molecule has 2 aromatic rings. The average molecular weight is 365 g/mol. The summed E-state index contributed by atoms with van der Waals surface area (Å²) in [5.41, 5.74) is 1.86. The van der Waals surface area contributed by atoms with E-state index in [0.717, 1.165) is 40.1 Å². The molecule has 7 heteroatoms. The van der Waals surface area contributed by atoms with E-state index in [1.807, 2.05) is 16.8 Å². The lowest BCUT2D eigenvalue weighted by atomic mass is 10.2. The molecule has 1 saturated heterocycles. The maximum absolute atomic E-state index is 11.2. The Bertz CT molecular complexity index is 726. The van der Waals surface area contributed by atoms with Gasteiger partial charge in [-0.15, -0.1) is 5.10 Å². The molecule has 4 rings (SSSR count). The molecule has 22 heavy (non-hydrogen) atoms. The van der Waals surface area contributed by atoms with E-state index in [4.69, 9.17) is 4.74 Å². The van der Waals surface area contributed by atoms with Crippen molar-refractivity contribution in [2.45, 2.75) is 38.3 Å². The first-order valence-electron chi connectivity index (χ1n) is 7.64. The summed E-state index contributed by atoms with van der Waals surface area (Å²) in [7, 11) is 0. The number of benzene rings is 1. The highest BCUT2D eigenvalue weighted by Gasteiger charge is 2.24. The fraction of sp³-hybridized carbons (Fsp3) is 0.533. The largest absolute Gasteiger partial charge is 0.490 e. The highest BCUT2D eigenvalue weighted by molar-refractivity contribution is 9.10. The second-order valence-corrected chi connectivity index (χ2v) is 6.87. The molecule has 0 bridgehead atoms. The lowest BCUT2D eigenvalue weighted by Crippen LogP contribution is -2.30. The minimum Gasteiger partial charge on any atom is -0.490 e. The number of amides is 1. The summed E-state index contributed by atoms with van der Waals surface area (Å²) in [5.74, 6) is 1.60. The van der Waals surface area contributed by atoms with Crippen molar-refractivity contribution in [2.24, 2.45) is 5.92 Å². The molecule has 1 amide bonds. The molecule has 1 saturated carbocycles. The Balaban J connectivity index is 1.51. The summed E-state index contributed by atoms with van der Waals surface area (Å²) in [6, 6.07) is 4.04. The number of hydrogen-bond donors (Lipinski definition) is 1. The van der Waals surface area contributed by atoms with Gasteiger partial charge in [-0.25, -0.2) is 4.68 Å². The Morgan fingerprint density at radius 3 is 2.95 bits per heavy atom. The van der Waals surface area contributed by atoms with Gasteiger partial charge < -0.3 is 10.1 Å². The number of halogens is 1. The number of fused-ring (bicyclic) bond motifs is 1. The van der Waals surface area contributed by atoms with Crippen molar-refractivity contribution < 1.29 is 9.53 Å². The van der Waals surface area contributed by atoms with E-state index < -0.39 is 0 Å². The summed E-state index contributed by atoms with van der Waals surface area (Å²) in [6.07, 6.45) is 3.99. The molecular formula is C15H17BrN4O2. The van der Waals surface area contributed by atoms with Crippen molar-refractivity contribution in [1.82, 2.24) is 20.3 Å². The van der Waals surface area contributed by atoms with Gasteiger partial charge in [0.2, 0.25) is 5.91 Å². The Morgan fingerprint density at radius 1 is 1.36 bits per heavy atom. The summed E-state index contributed by atoms with van der Waals surface area (Å²) < 4.78 is 8.64. The van der Waals surface area contributed by atoms with Crippen LogP contribution in [0.1, 0.15) is 25.7 Å². The number of ether oxygens (including phenoxy) is 1. The van der Waals surface area contributed by atoms with Crippen LogP contribution in [0.2, 0.25) is 0 Å². The molecule has 1 atom stereocenters. The molecule has 1 aliphatic heterocycles. The van der Waals surface area contributed by atoms with Crippen LogP contribution in [0.15, 0.2) is 16.6 Å². The topological polar surface area (TPSA) is 69.0 Å². The quantitative estimate of drug-likeness (QED) is 0.883. The number of carbonyl (C=O) groups excluding carboxylic acids is 1. The molecule has 1 aromatic carbocycles. The zero-order chi connectivity index (χ0) is 15.1. The van der Waals surface area contributed by atoms with E-state index in [-0.39, 0.29) is 11.9 Å². The lowest BCUT2D eigenvalue weighted by molar-refractivity contribution is -0.119. The second-order valence-electron chi connectivity index (χ2n) is 6.07. The highest BCUT2D eigenvalue weighted by atomic mass is 79.9. The number of aromatic nitrogens is 3. The van der Waals surface area contributed by atoms with Crippen LogP contribution in [0.3, 0.4) is 0 Å². The predicted molar refractivity (Wildman–Crippen MR) is 84.6 cm³/mol. The third kappa shape index (κ3) is 2.69. The van der Waals surface area contributed by atoms with Gasteiger partial charge in [0.15, 0.2) is 0 Å². The molecule has 2 aliphatic rings. The van der Waals surface area contributed by atoms with Crippen LogP contribution in [0.5, 0.6) is 5.75 Å². The highest BCUT2D eigenvalue weighted by Crippen LogP contribution is 2.35. The van der Waals surface area contributed by atoms with Crippen LogP contribution in [-0.4, -0.2) is 33.5 Å². The predicted octanol–water partition coefficient (Wildman–Crippen LogP) is 2.26. The number of carbonyl (C=O) groups is 1. The Hall–Kier alpha value is -1.63. The minimum atomic E-state index is 0.0978. The van der Waals surface area contributed by atoms with E-state index in [9.17, 15) is 4.79 Å². The number of rotatable bonds is 5. The average Bonchev–Trinajstić information content (AvgIpc) is 3.08. The van der Waals surface area contributed by atoms with Crippen molar-refractivity contribution >= 4 is 32.9 Å². The van der Waals surface area contributed by atoms with E-state index in [0.29, 0.717) is 13.0 Å². The summed E-state index contributed by atoms with van der Waals surface area (Å²) >= 11 is 3.57. The molecule has 2 heterocycles. The number of nitrogens with zero attached hydrogens (tertiary/aromatic N) is 3. The third-order valence-electron chi connectivity index (χ3n) is 4.24. The standard InChI is InChI=1S/C15H17BrN4O2/c16-14-12(22-8-10-3-6-13(21)17-10)5-4-11-15(14)18-19-20(11)7-9-1-2-9/h4-5,9-10H,1-3,6-8H2,(H,17,21). The second kappa shape index (κ2) is 5.53. The van der Waals surface area contributed by atoms with E-state index >= 15 is 0 Å². The summed E-state index contributed by atoms with van der Waals surface area (Å²) in [6.45, 7) is 1.42. The van der Waals surface area contributed by atoms with Crippen molar-refractivity contribution in [1.29, 1.82) is 0 Å². The fourth-order valence-corrected chi connectivity index (χ4v) is 3.30. The van der Waals surface area contributed by atoms with Gasteiger partial charge in [-0.2, -0.15) is 0 Å². The van der Waals surface area contributed by atoms with E-state index in [2.05, 4.69) is 31.6 Å². The van der Waals surface area contributed by atoms with Gasteiger partial charge in [0.05, 0.1) is 16.0 Å². The SMILES string of the molecule is O=C1CCC(COc2ccc3c(nnn3CC3CC3)c2Br)N1. The van der Waals surface area contributed by atoms with Crippen LogP contribution in [0.25, 0.3) is 11.0 Å². The third-order valence-corrected chi connectivity index (χ3v) is 5.01. The van der Waals surface area contributed by atoms with Crippen LogP contribution in [0.4, 0.5) is 0 Å². The summed E-state index contributed by atoms with van der Waals surface area (Å²) in [5, 5.41) is 11.4. The monoisotopic (exact) mass is 364 g/mol. The van der Waals surface area contributed by atoms with Gasteiger partial charge in [-0.3, -0.25) is 4.79 Å². The van der Waals surface area contributed by atoms with E-state index in [1.165, 1.54) is 12.8 Å². The van der Waals surface area contributed by atoms with Crippen molar-refractivity contribution in [2.75, 3.05) is 6.61 Å². The van der Waals surface area contributed by atoms with Crippen LogP contribution in [0, 0.1) is 5.92 Å². The molecule has 1 N–H and O–H groups in total. The maximum Gasteiger partial charge on any atom is 0.220 e. The van der Waals surface area contributed by atoms with Crippen molar-refractivity contribution in [3.63, 3.8) is 0 Å². The molecule has 1 aromatic heterocycles. The van der Waals surface area contributed by atoms with Crippen LogP contribution < -0.4 is 10.1 Å². The molecule has 1 aliphatic carbocycles. The Labute approximate surface area is 136 Å². The minimum absolute atomic E-state index is 0.0978. The Kier molecular flexibility index (Phi) is 3.52. The fourth-order valence-electron chi connectivity index (χ4n) is 2.77. The first kappa shape index (κ1) is 14.0. The first-order chi connectivity index (χ1) is 10.7. The molecule has 0 radical (unpaired) electrons. The molecule has 1 unspecified atom stereocenters. The lowest BCUT2D eigenvalue weighted by Gasteiger charge is -2.13. The van der Waals surface area contributed by atoms with Gasteiger partial charge >= 0.3 is 0 Å². The van der Waals surface area contributed by atoms with Gasteiger partial charge in [0.25, 0.3) is 0 Å². The Morgan fingerprint density at radius 2 is 2.23 bits per heavy atom. The zero-order valence-electron chi connectivity index (χ0n) is 12.1. The normalized spacial score (nSPS) is 21.3. The zero-order valence-corrected chi connectivity index (χ0v) is 13.7. The maximum atomic E-state index is 11.2. The molecular weight excluding hydrogens is 348 g/mol. The van der Waals surface area contributed by atoms with Crippen molar-refractivity contribution in [3.05, 3.63) is 16.6 Å². The first-order valence-corrected chi connectivity index (χ1v) is 8.44. The summed E-state index contributed by atoms with van der Waals surface area (Å²) in [4.78, 5) is 11.2.